The first-order valence-corrected chi connectivity index (χ1v) is 9.77. The summed E-state index contributed by atoms with van der Waals surface area (Å²) in [6.07, 6.45) is 0. The molecule has 6 nitrogen and oxygen atoms in total. The fraction of sp³-hybridized carbons (Fsp3) is 0.0417. The number of aromatic nitrogens is 2. The fourth-order valence-corrected chi connectivity index (χ4v) is 3.20. The van der Waals surface area contributed by atoms with Crippen molar-refractivity contribution < 1.29 is 9.53 Å². The maximum Gasteiger partial charge on any atom is 0.256 e. The van der Waals surface area contributed by atoms with E-state index in [-0.39, 0.29) is 5.91 Å². The van der Waals surface area contributed by atoms with Crippen LogP contribution < -0.4 is 10.1 Å². The summed E-state index contributed by atoms with van der Waals surface area (Å²) in [5.41, 5.74) is 3.09. The van der Waals surface area contributed by atoms with Gasteiger partial charge in [-0.2, -0.15) is 10.4 Å². The molecule has 1 N–H and O–H groups in total. The van der Waals surface area contributed by atoms with Crippen molar-refractivity contribution in [3.05, 3.63) is 95.0 Å². The first kappa shape index (κ1) is 20.2. The van der Waals surface area contributed by atoms with Gasteiger partial charge in [0, 0.05) is 22.2 Å². The molecule has 4 aromatic rings. The highest BCUT2D eigenvalue weighted by Gasteiger charge is 2.15. The van der Waals surface area contributed by atoms with Crippen LogP contribution in [-0.4, -0.2) is 22.8 Å². The Bertz CT molecular complexity index is 1270. The van der Waals surface area contributed by atoms with Crippen LogP contribution in [-0.2, 0) is 0 Å². The number of anilines is 1. The molecule has 1 amide bonds. The second kappa shape index (κ2) is 8.74. The van der Waals surface area contributed by atoms with Crippen LogP contribution in [0.5, 0.6) is 5.75 Å². The summed E-state index contributed by atoms with van der Waals surface area (Å²) in [6.45, 7) is 0. The Morgan fingerprint density at radius 2 is 1.81 bits per heavy atom. The van der Waals surface area contributed by atoms with Gasteiger partial charge in [0.2, 0.25) is 0 Å². The van der Waals surface area contributed by atoms with Gasteiger partial charge in [0.25, 0.3) is 5.91 Å². The van der Waals surface area contributed by atoms with Gasteiger partial charge in [0.15, 0.2) is 0 Å². The molecule has 0 aliphatic heterocycles. The number of nitrogens with zero attached hydrogens (tertiary/aromatic N) is 3. The van der Waals surface area contributed by atoms with E-state index in [0.29, 0.717) is 33.4 Å². The Morgan fingerprint density at radius 3 is 2.48 bits per heavy atom. The normalized spacial score (nSPS) is 10.4. The fourth-order valence-electron chi connectivity index (χ4n) is 3.07. The van der Waals surface area contributed by atoms with Crippen molar-refractivity contribution in [1.29, 1.82) is 5.26 Å². The van der Waals surface area contributed by atoms with E-state index in [0.717, 1.165) is 11.3 Å². The van der Waals surface area contributed by atoms with E-state index in [2.05, 4.69) is 10.4 Å². The van der Waals surface area contributed by atoms with Gasteiger partial charge in [0.1, 0.15) is 11.6 Å². The third-order valence-electron chi connectivity index (χ3n) is 4.66. The van der Waals surface area contributed by atoms with Crippen LogP contribution in [0, 0.1) is 11.3 Å². The van der Waals surface area contributed by atoms with Gasteiger partial charge in [0.05, 0.1) is 30.1 Å². The predicted molar refractivity (Wildman–Crippen MR) is 120 cm³/mol. The Hall–Kier alpha value is -4.08. The van der Waals surface area contributed by atoms with Crippen LogP contribution in [0.25, 0.3) is 16.9 Å². The summed E-state index contributed by atoms with van der Waals surface area (Å²) >= 11 is 6.00. The topological polar surface area (TPSA) is 79.9 Å². The first-order chi connectivity index (χ1) is 15.1. The first-order valence-electron chi connectivity index (χ1n) is 9.39. The van der Waals surface area contributed by atoms with Crippen LogP contribution in [0.4, 0.5) is 5.82 Å². The van der Waals surface area contributed by atoms with Crippen molar-refractivity contribution in [2.75, 3.05) is 12.4 Å². The van der Waals surface area contributed by atoms with Gasteiger partial charge >= 0.3 is 0 Å². The molecule has 0 atom stereocenters. The molecule has 0 aliphatic rings. The van der Waals surface area contributed by atoms with Crippen molar-refractivity contribution in [2.45, 2.75) is 0 Å². The number of rotatable bonds is 5. The highest BCUT2D eigenvalue weighted by molar-refractivity contribution is 6.30. The Kier molecular flexibility index (Phi) is 5.69. The number of nitriles is 1. The summed E-state index contributed by atoms with van der Waals surface area (Å²) < 4.78 is 6.88. The molecule has 0 saturated carbocycles. The molecule has 0 unspecified atom stereocenters. The zero-order valence-corrected chi connectivity index (χ0v) is 17.3. The standard InChI is InChI=1S/C24H17ClN4O2/c1-31-21-11-9-20(10-12-21)29-23(14-22(28-29)17-5-7-19(25)8-6-17)27-24(30)18-4-2-3-16(13-18)15-26/h2-14H,1H3,(H,27,30). The summed E-state index contributed by atoms with van der Waals surface area (Å²) in [6, 6.07) is 25.0. The third-order valence-corrected chi connectivity index (χ3v) is 4.91. The molecular formula is C24H17ClN4O2. The molecule has 4 rings (SSSR count). The quantitative estimate of drug-likeness (QED) is 0.466. The van der Waals surface area contributed by atoms with E-state index < -0.39 is 0 Å². The lowest BCUT2D eigenvalue weighted by Crippen LogP contribution is -2.15. The monoisotopic (exact) mass is 428 g/mol. The number of ether oxygens (including phenoxy) is 1. The maximum absolute atomic E-state index is 12.9. The molecule has 0 spiro atoms. The minimum Gasteiger partial charge on any atom is -0.497 e. The molecule has 0 fully saturated rings. The highest BCUT2D eigenvalue weighted by Crippen LogP contribution is 2.27. The molecule has 152 valence electrons. The van der Waals surface area contributed by atoms with E-state index in [1.165, 1.54) is 0 Å². The summed E-state index contributed by atoms with van der Waals surface area (Å²) in [4.78, 5) is 12.9. The van der Waals surface area contributed by atoms with E-state index in [1.807, 2.05) is 42.5 Å². The number of halogens is 1. The van der Waals surface area contributed by atoms with Crippen molar-refractivity contribution in [3.63, 3.8) is 0 Å². The highest BCUT2D eigenvalue weighted by atomic mass is 35.5. The number of amides is 1. The zero-order chi connectivity index (χ0) is 21.8. The molecule has 0 aliphatic carbocycles. The number of methoxy groups -OCH3 is 1. The Labute approximate surface area is 184 Å². The van der Waals surface area contributed by atoms with Gasteiger partial charge in [-0.1, -0.05) is 29.8 Å². The van der Waals surface area contributed by atoms with E-state index >= 15 is 0 Å². The Morgan fingerprint density at radius 1 is 1.06 bits per heavy atom. The number of nitrogens with one attached hydrogen (secondary N) is 1. The number of benzene rings is 3. The molecule has 3 aromatic carbocycles. The van der Waals surface area contributed by atoms with Crippen LogP contribution in [0.15, 0.2) is 78.9 Å². The number of carbonyl (C=O) groups excluding carboxylic acids is 1. The second-order valence-corrected chi connectivity index (χ2v) is 7.11. The van der Waals surface area contributed by atoms with Gasteiger partial charge in [-0.3, -0.25) is 4.79 Å². The van der Waals surface area contributed by atoms with Gasteiger partial charge in [-0.05, 0) is 54.6 Å². The lowest BCUT2D eigenvalue weighted by atomic mass is 10.1. The molecule has 0 radical (unpaired) electrons. The van der Waals surface area contributed by atoms with Gasteiger partial charge in [-0.15, -0.1) is 0 Å². The average Bonchev–Trinajstić information content (AvgIpc) is 3.23. The molecule has 0 bridgehead atoms. The molecular weight excluding hydrogens is 412 g/mol. The lowest BCUT2D eigenvalue weighted by Gasteiger charge is -2.10. The number of carbonyl (C=O) groups is 1. The number of hydrogen-bond donors (Lipinski definition) is 1. The van der Waals surface area contributed by atoms with E-state index in [1.54, 1.807) is 54.3 Å². The van der Waals surface area contributed by atoms with Crippen LogP contribution in [0.2, 0.25) is 5.02 Å². The molecule has 1 aromatic heterocycles. The Balaban J connectivity index is 1.74. The average molecular weight is 429 g/mol. The lowest BCUT2D eigenvalue weighted by molar-refractivity contribution is 0.102. The molecule has 7 heteroatoms. The van der Waals surface area contributed by atoms with Crippen LogP contribution >= 0.6 is 11.6 Å². The zero-order valence-electron chi connectivity index (χ0n) is 16.5. The molecule has 0 saturated heterocycles. The summed E-state index contributed by atoms with van der Waals surface area (Å²) in [5, 5.41) is 17.3. The third kappa shape index (κ3) is 4.42. The van der Waals surface area contributed by atoms with Crippen LogP contribution in [0.3, 0.4) is 0 Å². The van der Waals surface area contributed by atoms with Gasteiger partial charge < -0.3 is 10.1 Å². The van der Waals surface area contributed by atoms with Crippen molar-refractivity contribution in [1.82, 2.24) is 9.78 Å². The largest absolute Gasteiger partial charge is 0.497 e. The minimum absolute atomic E-state index is 0.339. The van der Waals surface area contributed by atoms with Crippen LogP contribution in [0.1, 0.15) is 15.9 Å². The SMILES string of the molecule is COc1ccc(-n2nc(-c3ccc(Cl)cc3)cc2NC(=O)c2cccc(C#N)c2)cc1. The van der Waals surface area contributed by atoms with E-state index in [9.17, 15) is 4.79 Å². The smallest absolute Gasteiger partial charge is 0.256 e. The summed E-state index contributed by atoms with van der Waals surface area (Å²) in [7, 11) is 1.60. The number of hydrogen-bond acceptors (Lipinski definition) is 4. The maximum atomic E-state index is 12.9. The molecule has 31 heavy (non-hydrogen) atoms. The van der Waals surface area contributed by atoms with Crippen molar-refractivity contribution >= 4 is 23.3 Å². The van der Waals surface area contributed by atoms with E-state index in [4.69, 9.17) is 21.6 Å². The van der Waals surface area contributed by atoms with Gasteiger partial charge in [-0.25, -0.2) is 4.68 Å². The summed E-state index contributed by atoms with van der Waals surface area (Å²) in [5.74, 6) is 0.865. The van der Waals surface area contributed by atoms with Crippen molar-refractivity contribution in [2.24, 2.45) is 0 Å². The molecule has 1 heterocycles. The second-order valence-electron chi connectivity index (χ2n) is 6.68. The predicted octanol–water partition coefficient (Wildman–Crippen LogP) is 5.33. The van der Waals surface area contributed by atoms with Crippen molar-refractivity contribution in [3.8, 4) is 28.8 Å². The minimum atomic E-state index is -0.339.